The second kappa shape index (κ2) is 8.80. The van der Waals surface area contributed by atoms with Crippen molar-refractivity contribution in [3.63, 3.8) is 0 Å². The maximum atomic E-state index is 6.54. The van der Waals surface area contributed by atoms with Crippen molar-refractivity contribution in [1.29, 1.82) is 0 Å². The third-order valence-corrected chi connectivity index (χ3v) is 10.9. The van der Waals surface area contributed by atoms with Crippen LogP contribution in [0.2, 0.25) is 0 Å². The van der Waals surface area contributed by atoms with Crippen molar-refractivity contribution in [1.82, 2.24) is 0 Å². The van der Waals surface area contributed by atoms with E-state index in [0.717, 1.165) is 17.6 Å². The fourth-order valence-corrected chi connectivity index (χ4v) is 9.10. The summed E-state index contributed by atoms with van der Waals surface area (Å²) in [6, 6.07) is 49.7. The quantitative estimate of drug-likeness (QED) is 0.178. The Bertz CT molecular complexity index is 2610. The first-order valence-electron chi connectivity index (χ1n) is 16.3. The van der Waals surface area contributed by atoms with E-state index in [2.05, 4.69) is 145 Å². The Labute approximate surface area is 267 Å². The minimum atomic E-state index is 0.0292. The number of anilines is 2. The Kier molecular flexibility index (Phi) is 4.73. The number of aryl methyl sites for hydroxylation is 1. The average molecular weight is 586 g/mol. The van der Waals surface area contributed by atoms with Crippen molar-refractivity contribution in [3.8, 4) is 22.3 Å². The number of hydrogen-bond donors (Lipinski definition) is 0. The van der Waals surface area contributed by atoms with Gasteiger partial charge < -0.3 is 9.23 Å². The molecule has 0 radical (unpaired) electrons. The first-order chi connectivity index (χ1) is 22.7. The summed E-state index contributed by atoms with van der Waals surface area (Å²) in [5, 5.41) is 5.02. The Morgan fingerprint density at radius 1 is 0.587 bits per heavy atom. The summed E-state index contributed by atoms with van der Waals surface area (Å²) in [5.74, 6) is 0.288. The van der Waals surface area contributed by atoms with E-state index < -0.39 is 0 Å². The molecule has 0 saturated carbocycles. The molecule has 0 N–H and O–H groups in total. The Balaban J connectivity index is 1.34. The molecule has 214 valence electrons. The fourth-order valence-electron chi connectivity index (χ4n) is 9.10. The van der Waals surface area contributed by atoms with Gasteiger partial charge in [0.1, 0.15) is 11.2 Å². The third kappa shape index (κ3) is 3.08. The van der Waals surface area contributed by atoms with Crippen LogP contribution in [0.4, 0.5) is 11.4 Å². The highest BCUT2D eigenvalue weighted by Crippen LogP contribution is 2.51. The van der Waals surface area contributed by atoms with Crippen LogP contribution in [0.1, 0.15) is 28.2 Å². The molecule has 8 aromatic rings. The second-order valence-electron chi connectivity index (χ2n) is 13.2. The monoisotopic (exact) mass is 585 g/mol. The van der Waals surface area contributed by atoms with Crippen molar-refractivity contribution in [3.05, 3.63) is 156 Å². The molecule has 0 amide bonds. The molecular weight excluding hydrogens is 557 g/mol. The lowest BCUT2D eigenvalue weighted by molar-refractivity contribution is 0.669. The summed E-state index contributed by atoms with van der Waals surface area (Å²) in [6.07, 6.45) is 1.01. The molecule has 3 heteroatoms. The standard InChI is InChI=1S/C43H28BNO/c1-25-11-2-8-19-37(25)45-38-24-40-33(30-16-7-9-20-39(30)46-40)23-32(38)34-21-27-13-4-6-15-29(27)42-35-22-26-12-3-5-14-28(26)31-17-10-18-36(41(31)35)44(45)43(34)42/h2-21,23-24,35H,22H2,1H3. The number of benzene rings is 7. The van der Waals surface area contributed by atoms with Crippen LogP contribution >= 0.6 is 0 Å². The molecule has 0 spiro atoms. The molecule has 2 nitrogen and oxygen atoms in total. The normalized spacial score (nSPS) is 15.5. The number of rotatable bonds is 1. The van der Waals surface area contributed by atoms with Gasteiger partial charge in [0.05, 0.1) is 0 Å². The largest absolute Gasteiger partial charge is 0.456 e. The number of fused-ring (bicyclic) bond motifs is 11. The van der Waals surface area contributed by atoms with Crippen LogP contribution in [0, 0.1) is 6.92 Å². The molecule has 1 aromatic heterocycles. The second-order valence-corrected chi connectivity index (χ2v) is 13.2. The minimum Gasteiger partial charge on any atom is -0.456 e. The molecule has 0 saturated heterocycles. The van der Waals surface area contributed by atoms with Crippen LogP contribution in [0.15, 0.2) is 138 Å². The number of nitrogens with zero attached hydrogens (tertiary/aromatic N) is 1. The maximum Gasteiger partial charge on any atom is 0.329 e. The summed E-state index contributed by atoms with van der Waals surface area (Å²) in [5.41, 5.74) is 18.2. The summed E-state index contributed by atoms with van der Waals surface area (Å²) < 4.78 is 6.54. The van der Waals surface area contributed by atoms with Gasteiger partial charge >= 0.3 is 6.85 Å². The van der Waals surface area contributed by atoms with Gasteiger partial charge in [0, 0.05) is 39.7 Å². The predicted molar refractivity (Wildman–Crippen MR) is 192 cm³/mol. The van der Waals surface area contributed by atoms with Gasteiger partial charge in [0.15, 0.2) is 0 Å². The summed E-state index contributed by atoms with van der Waals surface area (Å²) >= 11 is 0. The Hall–Kier alpha value is -5.54. The average Bonchev–Trinajstić information content (AvgIpc) is 3.47. The van der Waals surface area contributed by atoms with Crippen molar-refractivity contribution in [2.75, 3.05) is 4.81 Å². The third-order valence-electron chi connectivity index (χ3n) is 10.9. The van der Waals surface area contributed by atoms with Crippen molar-refractivity contribution >= 4 is 61.9 Å². The fraction of sp³-hybridized carbons (Fsp3) is 0.0698. The van der Waals surface area contributed by atoms with Gasteiger partial charge in [-0.25, -0.2) is 0 Å². The smallest absolute Gasteiger partial charge is 0.329 e. The van der Waals surface area contributed by atoms with Crippen LogP contribution in [0.25, 0.3) is 55.0 Å². The van der Waals surface area contributed by atoms with Gasteiger partial charge in [-0.15, -0.1) is 0 Å². The lowest BCUT2D eigenvalue weighted by atomic mass is 9.39. The molecule has 7 aromatic carbocycles. The van der Waals surface area contributed by atoms with Gasteiger partial charge in [-0.1, -0.05) is 103 Å². The molecule has 1 atom stereocenters. The van der Waals surface area contributed by atoms with Gasteiger partial charge in [-0.2, -0.15) is 0 Å². The number of para-hydroxylation sites is 2. The van der Waals surface area contributed by atoms with Crippen LogP contribution in [-0.2, 0) is 6.42 Å². The van der Waals surface area contributed by atoms with Crippen LogP contribution in [0.5, 0.6) is 0 Å². The van der Waals surface area contributed by atoms with Crippen LogP contribution in [-0.4, -0.2) is 6.85 Å². The van der Waals surface area contributed by atoms with E-state index in [9.17, 15) is 0 Å². The number of furan rings is 1. The van der Waals surface area contributed by atoms with E-state index in [1.54, 1.807) is 0 Å². The highest BCUT2D eigenvalue weighted by Gasteiger charge is 2.47. The van der Waals surface area contributed by atoms with E-state index in [1.807, 2.05) is 0 Å². The predicted octanol–water partition coefficient (Wildman–Crippen LogP) is 9.64. The highest BCUT2D eigenvalue weighted by atomic mass is 16.3. The van der Waals surface area contributed by atoms with Gasteiger partial charge in [0.2, 0.25) is 0 Å². The summed E-state index contributed by atoms with van der Waals surface area (Å²) in [6.45, 7) is 2.27. The topological polar surface area (TPSA) is 16.4 Å². The van der Waals surface area contributed by atoms with Crippen LogP contribution in [0.3, 0.4) is 0 Å². The molecule has 1 aliphatic carbocycles. The first-order valence-corrected chi connectivity index (χ1v) is 16.3. The zero-order valence-electron chi connectivity index (χ0n) is 25.4. The van der Waals surface area contributed by atoms with E-state index >= 15 is 0 Å². The van der Waals surface area contributed by atoms with Gasteiger partial charge in [0.25, 0.3) is 0 Å². The molecule has 3 aliphatic rings. The highest BCUT2D eigenvalue weighted by molar-refractivity contribution is 6.92. The van der Waals surface area contributed by atoms with Gasteiger partial charge in [-0.05, 0) is 98.3 Å². The molecular formula is C43H28BNO. The molecule has 0 fully saturated rings. The van der Waals surface area contributed by atoms with E-state index in [0.29, 0.717) is 0 Å². The number of hydrogen-bond acceptors (Lipinski definition) is 2. The Morgan fingerprint density at radius 2 is 1.37 bits per heavy atom. The van der Waals surface area contributed by atoms with Crippen molar-refractivity contribution in [2.24, 2.45) is 0 Å². The van der Waals surface area contributed by atoms with Crippen LogP contribution < -0.4 is 15.7 Å². The summed E-state index contributed by atoms with van der Waals surface area (Å²) in [4.78, 5) is 2.63. The SMILES string of the molecule is Cc1ccccc1N1B2c3cccc4c3C(Cc3ccccc3-4)c3c2c(cc2ccccc32)-c2cc3c(cc21)oc1ccccc13. The summed E-state index contributed by atoms with van der Waals surface area (Å²) in [7, 11) is 0. The lowest BCUT2D eigenvalue weighted by Gasteiger charge is -2.46. The zero-order chi connectivity index (χ0) is 30.1. The van der Waals surface area contributed by atoms with E-state index in [-0.39, 0.29) is 12.8 Å². The van der Waals surface area contributed by atoms with E-state index in [4.69, 9.17) is 4.42 Å². The molecule has 2 aliphatic heterocycles. The molecule has 46 heavy (non-hydrogen) atoms. The molecule has 3 heterocycles. The lowest BCUT2D eigenvalue weighted by Crippen LogP contribution is -2.62. The van der Waals surface area contributed by atoms with E-state index in [1.165, 1.54) is 88.4 Å². The van der Waals surface area contributed by atoms with Crippen molar-refractivity contribution in [2.45, 2.75) is 19.3 Å². The zero-order valence-corrected chi connectivity index (χ0v) is 25.4. The molecule has 1 unspecified atom stereocenters. The van der Waals surface area contributed by atoms with Crippen molar-refractivity contribution < 1.29 is 4.42 Å². The Morgan fingerprint density at radius 3 is 2.30 bits per heavy atom. The molecule has 11 rings (SSSR count). The van der Waals surface area contributed by atoms with Gasteiger partial charge in [-0.3, -0.25) is 0 Å². The minimum absolute atomic E-state index is 0.0292. The molecule has 0 bridgehead atoms. The maximum absolute atomic E-state index is 6.54. The first kappa shape index (κ1) is 24.7.